The molecule has 1 aromatic heterocycles. The third kappa shape index (κ3) is 2.62. The van der Waals surface area contributed by atoms with Crippen molar-refractivity contribution in [3.05, 3.63) is 35.5 Å². The largest absolute Gasteiger partial charge is 0.481 e. The highest BCUT2D eigenvalue weighted by atomic mass is 16.5. The van der Waals surface area contributed by atoms with Crippen LogP contribution in [0.3, 0.4) is 0 Å². The number of hydrogen-bond acceptors (Lipinski definition) is 4. The lowest BCUT2D eigenvalue weighted by atomic mass is 9.74. The predicted molar refractivity (Wildman–Crippen MR) is 91.6 cm³/mol. The van der Waals surface area contributed by atoms with Gasteiger partial charge < -0.3 is 14.4 Å². The zero-order valence-corrected chi connectivity index (χ0v) is 14.4. The summed E-state index contributed by atoms with van der Waals surface area (Å²) in [5.74, 6) is -2.38. The number of benzene rings is 1. The molecule has 0 amide bonds. The summed E-state index contributed by atoms with van der Waals surface area (Å²) in [6, 6.07) is 7.68. The van der Waals surface area contributed by atoms with Gasteiger partial charge >= 0.3 is 11.9 Å². The first-order chi connectivity index (χ1) is 11.9. The molecule has 0 bridgehead atoms. The fourth-order valence-electron chi connectivity index (χ4n) is 3.71. The normalized spacial score (nSPS) is 19.7. The highest BCUT2D eigenvalue weighted by Crippen LogP contribution is 2.40. The van der Waals surface area contributed by atoms with Crippen molar-refractivity contribution in [1.29, 1.82) is 0 Å². The Labute approximate surface area is 145 Å². The summed E-state index contributed by atoms with van der Waals surface area (Å²) in [4.78, 5) is 37.0. The first kappa shape index (κ1) is 17.2. The molecule has 25 heavy (non-hydrogen) atoms. The quantitative estimate of drug-likeness (QED) is 0.666. The van der Waals surface area contributed by atoms with Crippen LogP contribution in [-0.4, -0.2) is 34.0 Å². The molecule has 6 nitrogen and oxygen atoms in total. The molecule has 3 rings (SSSR count). The number of carboxylic acids is 1. The fraction of sp³-hybridized carbons (Fsp3) is 0.421. The molecule has 0 aliphatic carbocycles. The molecule has 0 fully saturated rings. The van der Waals surface area contributed by atoms with Gasteiger partial charge in [-0.2, -0.15) is 0 Å². The van der Waals surface area contributed by atoms with Gasteiger partial charge in [0, 0.05) is 17.4 Å². The van der Waals surface area contributed by atoms with E-state index in [0.717, 1.165) is 22.9 Å². The van der Waals surface area contributed by atoms with Crippen LogP contribution in [0.25, 0.3) is 10.9 Å². The molecule has 0 saturated heterocycles. The number of aliphatic carboxylic acids is 1. The van der Waals surface area contributed by atoms with Crippen LogP contribution in [0, 0.1) is 5.41 Å². The lowest BCUT2D eigenvalue weighted by molar-refractivity contribution is -0.158. The number of carbonyl (C=O) groups is 3. The Morgan fingerprint density at radius 2 is 2.08 bits per heavy atom. The van der Waals surface area contributed by atoms with E-state index >= 15 is 0 Å². The van der Waals surface area contributed by atoms with Crippen molar-refractivity contribution in [2.24, 2.45) is 5.41 Å². The number of ketones is 1. The van der Waals surface area contributed by atoms with E-state index in [1.54, 1.807) is 13.0 Å². The maximum atomic E-state index is 13.2. The van der Waals surface area contributed by atoms with Crippen LogP contribution in [-0.2, 0) is 27.3 Å². The standard InChI is InChI=1S/C19H21NO5/c1-3-12-6-5-7-14-13(12)10-15-17(23)19(11-16(21)22,8-9-20(14)15)18(24)25-4-2/h5-7,10H,3-4,8-9,11H2,1-2H3,(H,21,22). The van der Waals surface area contributed by atoms with Crippen LogP contribution < -0.4 is 0 Å². The molecule has 1 atom stereocenters. The Balaban J connectivity index is 2.15. The second-order valence-corrected chi connectivity index (χ2v) is 6.34. The minimum Gasteiger partial charge on any atom is -0.481 e. The van der Waals surface area contributed by atoms with Gasteiger partial charge in [0.15, 0.2) is 5.78 Å². The zero-order chi connectivity index (χ0) is 18.2. The van der Waals surface area contributed by atoms with Crippen molar-refractivity contribution in [2.45, 2.75) is 39.7 Å². The summed E-state index contributed by atoms with van der Waals surface area (Å²) in [6.07, 6.45) is 0.407. The molecular formula is C19H21NO5. The van der Waals surface area contributed by atoms with Crippen molar-refractivity contribution < 1.29 is 24.2 Å². The van der Waals surface area contributed by atoms with Gasteiger partial charge in [0.05, 0.1) is 18.7 Å². The summed E-state index contributed by atoms with van der Waals surface area (Å²) in [5.41, 5.74) is 0.803. The van der Waals surface area contributed by atoms with Crippen LogP contribution in [0.15, 0.2) is 24.3 Å². The van der Waals surface area contributed by atoms with Crippen molar-refractivity contribution in [3.8, 4) is 0 Å². The average molecular weight is 343 g/mol. The Morgan fingerprint density at radius 3 is 2.72 bits per heavy atom. The summed E-state index contributed by atoms with van der Waals surface area (Å²) in [5, 5.41) is 10.2. The number of carboxylic acid groups (broad SMARTS) is 1. The van der Waals surface area contributed by atoms with Gasteiger partial charge in [0.25, 0.3) is 0 Å². The van der Waals surface area contributed by atoms with Crippen LogP contribution in [0.1, 0.15) is 42.7 Å². The Hall–Kier alpha value is -2.63. The van der Waals surface area contributed by atoms with Gasteiger partial charge in [0.1, 0.15) is 5.41 Å². The summed E-state index contributed by atoms with van der Waals surface area (Å²) >= 11 is 0. The van der Waals surface area contributed by atoms with E-state index in [4.69, 9.17) is 4.74 Å². The number of esters is 1. The van der Waals surface area contributed by atoms with Crippen LogP contribution >= 0.6 is 0 Å². The summed E-state index contributed by atoms with van der Waals surface area (Å²) < 4.78 is 6.94. The maximum Gasteiger partial charge on any atom is 0.320 e. The van der Waals surface area contributed by atoms with E-state index in [1.165, 1.54) is 0 Å². The SMILES string of the molecule is CCOC(=O)C1(CC(=O)O)CCn2c(cc3c(CC)cccc32)C1=O. The van der Waals surface area contributed by atoms with Gasteiger partial charge in [-0.05, 0) is 37.5 Å². The van der Waals surface area contributed by atoms with Crippen LogP contribution in [0.4, 0.5) is 0 Å². The van der Waals surface area contributed by atoms with Gasteiger partial charge in [-0.3, -0.25) is 14.4 Å². The Bertz CT molecular complexity index is 866. The van der Waals surface area contributed by atoms with Crippen molar-refractivity contribution in [1.82, 2.24) is 4.57 Å². The molecule has 1 aromatic carbocycles. The number of nitrogens with zero attached hydrogens (tertiary/aromatic N) is 1. The minimum atomic E-state index is -1.64. The van der Waals surface area contributed by atoms with E-state index in [9.17, 15) is 19.5 Å². The molecule has 0 saturated carbocycles. The van der Waals surface area contributed by atoms with Crippen molar-refractivity contribution >= 4 is 28.6 Å². The molecule has 2 aromatic rings. The lowest BCUT2D eigenvalue weighted by Crippen LogP contribution is -2.47. The first-order valence-corrected chi connectivity index (χ1v) is 8.49. The monoisotopic (exact) mass is 343 g/mol. The number of aromatic nitrogens is 1. The van der Waals surface area contributed by atoms with Crippen molar-refractivity contribution in [3.63, 3.8) is 0 Å². The average Bonchev–Trinajstić information content (AvgIpc) is 2.96. The second kappa shape index (κ2) is 6.35. The van der Waals surface area contributed by atoms with E-state index in [0.29, 0.717) is 12.2 Å². The Morgan fingerprint density at radius 1 is 1.32 bits per heavy atom. The molecule has 6 heteroatoms. The number of rotatable bonds is 5. The second-order valence-electron chi connectivity index (χ2n) is 6.34. The van der Waals surface area contributed by atoms with Gasteiger partial charge in [-0.15, -0.1) is 0 Å². The van der Waals surface area contributed by atoms with E-state index in [-0.39, 0.29) is 13.0 Å². The fourth-order valence-corrected chi connectivity index (χ4v) is 3.71. The molecule has 2 heterocycles. The molecule has 0 spiro atoms. The summed E-state index contributed by atoms with van der Waals surface area (Å²) in [6.45, 7) is 4.20. The number of fused-ring (bicyclic) bond motifs is 3. The topological polar surface area (TPSA) is 85.6 Å². The van der Waals surface area contributed by atoms with Gasteiger partial charge in [0.2, 0.25) is 0 Å². The highest BCUT2D eigenvalue weighted by Gasteiger charge is 2.52. The van der Waals surface area contributed by atoms with Gasteiger partial charge in [-0.1, -0.05) is 19.1 Å². The van der Waals surface area contributed by atoms with Crippen LogP contribution in [0.5, 0.6) is 0 Å². The van der Waals surface area contributed by atoms with E-state index < -0.39 is 29.6 Å². The maximum absolute atomic E-state index is 13.2. The number of ether oxygens (including phenoxy) is 1. The zero-order valence-electron chi connectivity index (χ0n) is 14.4. The summed E-state index contributed by atoms with van der Waals surface area (Å²) in [7, 11) is 0. The van der Waals surface area contributed by atoms with E-state index in [1.807, 2.05) is 29.7 Å². The molecule has 1 unspecified atom stereocenters. The smallest absolute Gasteiger partial charge is 0.320 e. The first-order valence-electron chi connectivity index (χ1n) is 8.49. The number of Topliss-reactive ketones (excluding diaryl/α,β-unsaturated/α-hetero) is 1. The molecule has 132 valence electrons. The van der Waals surface area contributed by atoms with Crippen molar-refractivity contribution in [2.75, 3.05) is 6.61 Å². The third-order valence-electron chi connectivity index (χ3n) is 4.97. The van der Waals surface area contributed by atoms with Gasteiger partial charge in [-0.25, -0.2) is 0 Å². The number of carbonyl (C=O) groups excluding carboxylic acids is 2. The molecule has 1 N–H and O–H groups in total. The minimum absolute atomic E-state index is 0.108. The third-order valence-corrected chi connectivity index (χ3v) is 4.97. The number of aryl methyl sites for hydroxylation is 2. The molecular weight excluding hydrogens is 322 g/mol. The number of hydrogen-bond donors (Lipinski definition) is 1. The highest BCUT2D eigenvalue weighted by molar-refractivity contribution is 6.15. The predicted octanol–water partition coefficient (Wildman–Crippen LogP) is 2.81. The molecule has 0 radical (unpaired) electrons. The molecule has 1 aliphatic rings. The Kier molecular flexibility index (Phi) is 4.37. The van der Waals surface area contributed by atoms with E-state index in [2.05, 4.69) is 0 Å². The lowest BCUT2D eigenvalue weighted by Gasteiger charge is -2.33. The molecule has 1 aliphatic heterocycles. The van der Waals surface area contributed by atoms with Crippen LogP contribution in [0.2, 0.25) is 0 Å².